The molecule has 0 aliphatic heterocycles. The van der Waals surface area contributed by atoms with Crippen LogP contribution in [0.3, 0.4) is 0 Å². The number of benzene rings is 1. The van der Waals surface area contributed by atoms with Gasteiger partial charge in [-0.15, -0.1) is 0 Å². The number of rotatable bonds is 4. The Morgan fingerprint density at radius 2 is 2.00 bits per heavy atom. The van der Waals surface area contributed by atoms with E-state index in [9.17, 15) is 4.79 Å². The third-order valence-corrected chi connectivity index (χ3v) is 3.25. The number of amides is 1. The van der Waals surface area contributed by atoms with Crippen LogP contribution in [0.4, 0.5) is 11.4 Å². The maximum Gasteiger partial charge on any atom is 0.259 e. The van der Waals surface area contributed by atoms with Crippen molar-refractivity contribution in [3.8, 4) is 0 Å². The molecule has 98 valence electrons. The number of nitrogens with one attached hydrogen (secondary N) is 2. The Morgan fingerprint density at radius 1 is 1.26 bits per heavy atom. The van der Waals surface area contributed by atoms with Gasteiger partial charge in [-0.1, -0.05) is 0 Å². The highest BCUT2D eigenvalue weighted by Gasteiger charge is 2.11. The van der Waals surface area contributed by atoms with E-state index < -0.39 is 0 Å². The third kappa shape index (κ3) is 3.66. The average molecular weight is 367 g/mol. The monoisotopic (exact) mass is 367 g/mol. The summed E-state index contributed by atoms with van der Waals surface area (Å²) in [6, 6.07) is 9.45. The molecule has 19 heavy (non-hydrogen) atoms. The maximum absolute atomic E-state index is 12.2. The van der Waals surface area contributed by atoms with Crippen molar-refractivity contribution in [2.24, 2.45) is 0 Å². The number of pyridine rings is 1. The minimum Gasteiger partial charge on any atom is -0.385 e. The highest BCUT2D eigenvalue weighted by molar-refractivity contribution is 14.1. The maximum atomic E-state index is 12.2. The molecule has 0 radical (unpaired) electrons. The number of aromatic nitrogens is 1. The fourth-order valence-corrected chi connectivity index (χ4v) is 2.01. The SMILES string of the molecule is CCNc1ccncc1C(=O)Nc1ccc(I)cc1. The van der Waals surface area contributed by atoms with Crippen molar-refractivity contribution < 1.29 is 4.79 Å². The van der Waals surface area contributed by atoms with Crippen molar-refractivity contribution in [3.05, 3.63) is 51.9 Å². The molecule has 0 atom stereocenters. The summed E-state index contributed by atoms with van der Waals surface area (Å²) in [7, 11) is 0. The van der Waals surface area contributed by atoms with Gasteiger partial charge in [-0.25, -0.2) is 0 Å². The molecule has 0 aliphatic carbocycles. The number of nitrogens with zero attached hydrogens (tertiary/aromatic N) is 1. The summed E-state index contributed by atoms with van der Waals surface area (Å²) in [5.74, 6) is -0.162. The Kier molecular flexibility index (Phi) is 4.73. The molecule has 0 saturated carbocycles. The standard InChI is InChI=1S/C14H14IN3O/c1-2-17-13-7-8-16-9-12(13)14(19)18-11-5-3-10(15)4-6-11/h3-9H,2H2,1H3,(H,16,17)(H,18,19). The predicted octanol–water partition coefficient (Wildman–Crippen LogP) is 3.37. The van der Waals surface area contributed by atoms with Gasteiger partial charge in [0.2, 0.25) is 0 Å². The van der Waals surface area contributed by atoms with Gasteiger partial charge < -0.3 is 10.6 Å². The lowest BCUT2D eigenvalue weighted by molar-refractivity contribution is 0.102. The first kappa shape index (κ1) is 13.8. The Balaban J connectivity index is 2.18. The Morgan fingerprint density at radius 3 is 2.68 bits per heavy atom. The molecular formula is C14H14IN3O. The van der Waals surface area contributed by atoms with Gasteiger partial charge in [0, 0.05) is 28.2 Å². The van der Waals surface area contributed by atoms with Gasteiger partial charge in [0.05, 0.1) is 11.3 Å². The summed E-state index contributed by atoms with van der Waals surface area (Å²) in [6.45, 7) is 2.75. The number of hydrogen-bond donors (Lipinski definition) is 2. The first-order valence-electron chi connectivity index (χ1n) is 5.95. The number of carbonyl (C=O) groups excluding carboxylic acids is 1. The zero-order valence-electron chi connectivity index (χ0n) is 10.5. The zero-order valence-corrected chi connectivity index (χ0v) is 12.6. The molecule has 2 N–H and O–H groups in total. The normalized spacial score (nSPS) is 10.0. The van der Waals surface area contributed by atoms with E-state index in [4.69, 9.17) is 0 Å². The molecule has 0 saturated heterocycles. The van der Waals surface area contributed by atoms with E-state index in [2.05, 4.69) is 38.2 Å². The molecular weight excluding hydrogens is 353 g/mol. The van der Waals surface area contributed by atoms with Crippen LogP contribution in [-0.2, 0) is 0 Å². The van der Waals surface area contributed by atoms with Crippen LogP contribution in [-0.4, -0.2) is 17.4 Å². The van der Waals surface area contributed by atoms with Gasteiger partial charge >= 0.3 is 0 Å². The van der Waals surface area contributed by atoms with Crippen LogP contribution >= 0.6 is 22.6 Å². The summed E-state index contributed by atoms with van der Waals surface area (Å²) >= 11 is 2.23. The molecule has 1 aromatic carbocycles. The Labute approximate surface area is 125 Å². The first-order chi connectivity index (χ1) is 9.20. The van der Waals surface area contributed by atoms with Crippen LogP contribution in [0.2, 0.25) is 0 Å². The molecule has 1 amide bonds. The van der Waals surface area contributed by atoms with Crippen LogP contribution < -0.4 is 10.6 Å². The minimum absolute atomic E-state index is 0.162. The van der Waals surface area contributed by atoms with Crippen molar-refractivity contribution in [2.75, 3.05) is 17.2 Å². The van der Waals surface area contributed by atoms with Gasteiger partial charge in [0.15, 0.2) is 0 Å². The molecule has 0 spiro atoms. The van der Waals surface area contributed by atoms with Gasteiger partial charge in [0.1, 0.15) is 0 Å². The van der Waals surface area contributed by atoms with Gasteiger partial charge in [-0.05, 0) is 59.8 Å². The predicted molar refractivity (Wildman–Crippen MR) is 85.5 cm³/mol. The quantitative estimate of drug-likeness (QED) is 0.815. The minimum atomic E-state index is -0.162. The fraction of sp³-hybridized carbons (Fsp3) is 0.143. The van der Waals surface area contributed by atoms with E-state index in [1.54, 1.807) is 18.5 Å². The summed E-state index contributed by atoms with van der Waals surface area (Å²) < 4.78 is 1.13. The number of halogens is 1. The van der Waals surface area contributed by atoms with Crippen molar-refractivity contribution in [2.45, 2.75) is 6.92 Å². The van der Waals surface area contributed by atoms with Crippen LogP contribution in [0.25, 0.3) is 0 Å². The molecule has 0 unspecified atom stereocenters. The average Bonchev–Trinajstić information content (AvgIpc) is 2.42. The van der Waals surface area contributed by atoms with Crippen molar-refractivity contribution in [1.82, 2.24) is 4.98 Å². The number of anilines is 2. The van der Waals surface area contributed by atoms with E-state index in [0.717, 1.165) is 21.5 Å². The first-order valence-corrected chi connectivity index (χ1v) is 7.03. The van der Waals surface area contributed by atoms with E-state index in [-0.39, 0.29) is 5.91 Å². The molecule has 5 heteroatoms. The van der Waals surface area contributed by atoms with Crippen molar-refractivity contribution in [1.29, 1.82) is 0 Å². The lowest BCUT2D eigenvalue weighted by Gasteiger charge is -2.10. The molecule has 4 nitrogen and oxygen atoms in total. The molecule has 0 aliphatic rings. The van der Waals surface area contributed by atoms with E-state index in [1.165, 1.54) is 0 Å². The van der Waals surface area contributed by atoms with Crippen molar-refractivity contribution >= 4 is 39.9 Å². The van der Waals surface area contributed by atoms with Gasteiger partial charge in [-0.2, -0.15) is 0 Å². The summed E-state index contributed by atoms with van der Waals surface area (Å²) in [5.41, 5.74) is 2.11. The molecule has 1 heterocycles. The lowest BCUT2D eigenvalue weighted by Crippen LogP contribution is -2.15. The second-order valence-electron chi connectivity index (χ2n) is 3.91. The van der Waals surface area contributed by atoms with Gasteiger partial charge in [0.25, 0.3) is 5.91 Å². The number of carbonyl (C=O) groups is 1. The van der Waals surface area contributed by atoms with Crippen LogP contribution in [0.5, 0.6) is 0 Å². The Hall–Kier alpha value is -1.63. The summed E-state index contributed by atoms with van der Waals surface area (Å²) in [5, 5.41) is 6.01. The highest BCUT2D eigenvalue weighted by atomic mass is 127. The van der Waals surface area contributed by atoms with Crippen LogP contribution in [0, 0.1) is 3.57 Å². The van der Waals surface area contributed by atoms with Crippen molar-refractivity contribution in [3.63, 3.8) is 0 Å². The third-order valence-electron chi connectivity index (χ3n) is 2.54. The fourth-order valence-electron chi connectivity index (χ4n) is 1.65. The van der Waals surface area contributed by atoms with E-state index in [1.807, 2.05) is 31.2 Å². The van der Waals surface area contributed by atoms with E-state index >= 15 is 0 Å². The number of hydrogen-bond acceptors (Lipinski definition) is 3. The smallest absolute Gasteiger partial charge is 0.259 e. The largest absolute Gasteiger partial charge is 0.385 e. The zero-order chi connectivity index (χ0) is 13.7. The molecule has 0 fully saturated rings. The van der Waals surface area contributed by atoms with E-state index in [0.29, 0.717) is 5.56 Å². The summed E-state index contributed by atoms with van der Waals surface area (Å²) in [6.07, 6.45) is 3.24. The lowest BCUT2D eigenvalue weighted by atomic mass is 10.2. The second-order valence-corrected chi connectivity index (χ2v) is 5.16. The van der Waals surface area contributed by atoms with Gasteiger partial charge in [-0.3, -0.25) is 9.78 Å². The summed E-state index contributed by atoms with van der Waals surface area (Å²) in [4.78, 5) is 16.2. The Bertz CT molecular complexity index is 569. The molecule has 1 aromatic heterocycles. The molecule has 0 bridgehead atoms. The van der Waals surface area contributed by atoms with Crippen LogP contribution in [0.15, 0.2) is 42.7 Å². The topological polar surface area (TPSA) is 54.0 Å². The molecule has 2 rings (SSSR count). The second kappa shape index (κ2) is 6.51. The molecule has 2 aromatic rings. The highest BCUT2D eigenvalue weighted by Crippen LogP contribution is 2.17. The van der Waals surface area contributed by atoms with Crippen LogP contribution in [0.1, 0.15) is 17.3 Å².